The van der Waals surface area contributed by atoms with Gasteiger partial charge in [0.25, 0.3) is 0 Å². The summed E-state index contributed by atoms with van der Waals surface area (Å²) in [5.41, 5.74) is 0. The molecule has 0 spiro atoms. The van der Waals surface area contributed by atoms with E-state index in [1.165, 1.54) is 32.4 Å². The lowest BCUT2D eigenvalue weighted by Gasteiger charge is -2.35. The molecule has 2 rings (SSSR count). The Kier molecular flexibility index (Phi) is 4.67. The summed E-state index contributed by atoms with van der Waals surface area (Å²) in [6.07, 6.45) is 5.02. The monoisotopic (exact) mass is 274 g/mol. The third kappa shape index (κ3) is 3.45. The summed E-state index contributed by atoms with van der Waals surface area (Å²) in [6.45, 7) is 6.56. The van der Waals surface area contributed by atoms with Crippen LogP contribution in [0, 0.1) is 0 Å². The Morgan fingerprint density at radius 2 is 2.06 bits per heavy atom. The number of nitrogens with zero attached hydrogens (tertiary/aromatic N) is 1. The van der Waals surface area contributed by atoms with E-state index in [9.17, 15) is 8.42 Å². The normalized spacial score (nSPS) is 29.7. The van der Waals surface area contributed by atoms with E-state index in [0.29, 0.717) is 12.6 Å². The van der Waals surface area contributed by atoms with Crippen molar-refractivity contribution in [3.05, 3.63) is 0 Å². The zero-order valence-electron chi connectivity index (χ0n) is 11.6. The van der Waals surface area contributed by atoms with Gasteiger partial charge in [0.2, 0.25) is 0 Å². The second-order valence-electron chi connectivity index (χ2n) is 5.92. The van der Waals surface area contributed by atoms with Gasteiger partial charge in [-0.1, -0.05) is 0 Å². The van der Waals surface area contributed by atoms with Gasteiger partial charge in [-0.3, -0.25) is 0 Å². The average molecular weight is 274 g/mol. The molecule has 0 aromatic rings. The largest absolute Gasteiger partial charge is 0.313 e. The van der Waals surface area contributed by atoms with Crippen LogP contribution in [0.3, 0.4) is 0 Å². The van der Waals surface area contributed by atoms with Gasteiger partial charge in [0.1, 0.15) is 0 Å². The highest BCUT2D eigenvalue weighted by atomic mass is 32.2. The van der Waals surface area contributed by atoms with Crippen molar-refractivity contribution in [3.63, 3.8) is 0 Å². The van der Waals surface area contributed by atoms with Crippen molar-refractivity contribution in [2.75, 3.05) is 25.4 Å². The number of piperidine rings is 1. The van der Waals surface area contributed by atoms with Crippen LogP contribution in [-0.4, -0.2) is 56.0 Å². The molecule has 1 N–H and O–H groups in total. The van der Waals surface area contributed by atoms with Gasteiger partial charge in [-0.15, -0.1) is 0 Å². The Labute approximate surface area is 111 Å². The third-order valence-corrected chi connectivity index (χ3v) is 6.57. The molecular weight excluding hydrogens is 248 g/mol. The van der Waals surface area contributed by atoms with Gasteiger partial charge in [-0.25, -0.2) is 8.42 Å². The summed E-state index contributed by atoms with van der Waals surface area (Å²) in [5.74, 6) is 0.273. The number of hydrogen-bond donors (Lipinski definition) is 1. The van der Waals surface area contributed by atoms with Gasteiger partial charge in [0.15, 0.2) is 9.84 Å². The van der Waals surface area contributed by atoms with Crippen molar-refractivity contribution < 1.29 is 8.42 Å². The first-order chi connectivity index (χ1) is 8.49. The number of rotatable bonds is 5. The Balaban J connectivity index is 1.71. The lowest BCUT2D eigenvalue weighted by molar-refractivity contribution is 0.168. The fourth-order valence-electron chi connectivity index (χ4n) is 3.05. The van der Waals surface area contributed by atoms with E-state index in [-0.39, 0.29) is 11.0 Å². The highest BCUT2D eigenvalue weighted by molar-refractivity contribution is 7.92. The van der Waals surface area contributed by atoms with Gasteiger partial charge in [-0.2, -0.15) is 0 Å². The van der Waals surface area contributed by atoms with Gasteiger partial charge < -0.3 is 10.2 Å². The smallest absolute Gasteiger partial charge is 0.153 e. The maximum atomic E-state index is 11.7. The van der Waals surface area contributed by atoms with Gasteiger partial charge in [0, 0.05) is 18.6 Å². The van der Waals surface area contributed by atoms with Crippen LogP contribution in [0.2, 0.25) is 0 Å². The SMILES string of the molecule is CC(C)S(=O)(=O)CCNC1CCN2CCCC2C1. The maximum absolute atomic E-state index is 11.7. The Bertz CT molecular complexity index is 367. The fraction of sp³-hybridized carbons (Fsp3) is 1.00. The van der Waals surface area contributed by atoms with E-state index < -0.39 is 9.84 Å². The summed E-state index contributed by atoms with van der Waals surface area (Å²) in [5, 5.41) is 3.19. The molecule has 2 unspecified atom stereocenters. The van der Waals surface area contributed by atoms with Crippen LogP contribution < -0.4 is 5.32 Å². The van der Waals surface area contributed by atoms with Crippen LogP contribution in [0.25, 0.3) is 0 Å². The fourth-order valence-corrected chi connectivity index (χ4v) is 3.92. The zero-order chi connectivity index (χ0) is 13.2. The van der Waals surface area contributed by atoms with Crippen LogP contribution in [-0.2, 0) is 9.84 Å². The molecule has 18 heavy (non-hydrogen) atoms. The van der Waals surface area contributed by atoms with Crippen LogP contribution in [0.15, 0.2) is 0 Å². The predicted octanol–water partition coefficient (Wildman–Crippen LogP) is 1.03. The second kappa shape index (κ2) is 5.88. The Morgan fingerprint density at radius 1 is 1.28 bits per heavy atom. The Hall–Kier alpha value is -0.130. The van der Waals surface area contributed by atoms with E-state index in [0.717, 1.165) is 12.5 Å². The van der Waals surface area contributed by atoms with E-state index >= 15 is 0 Å². The molecule has 0 aromatic heterocycles. The average Bonchev–Trinajstić information content (AvgIpc) is 2.75. The summed E-state index contributed by atoms with van der Waals surface area (Å²) < 4.78 is 23.4. The molecule has 4 nitrogen and oxygen atoms in total. The first-order valence-electron chi connectivity index (χ1n) is 7.18. The molecule has 0 saturated carbocycles. The van der Waals surface area contributed by atoms with Gasteiger partial charge in [0.05, 0.1) is 11.0 Å². The van der Waals surface area contributed by atoms with E-state index in [4.69, 9.17) is 0 Å². The molecule has 2 saturated heterocycles. The minimum Gasteiger partial charge on any atom is -0.313 e. The van der Waals surface area contributed by atoms with E-state index in [1.807, 2.05) is 0 Å². The second-order valence-corrected chi connectivity index (χ2v) is 8.60. The summed E-state index contributed by atoms with van der Waals surface area (Å²) in [6, 6.07) is 1.27. The van der Waals surface area contributed by atoms with Gasteiger partial charge >= 0.3 is 0 Å². The van der Waals surface area contributed by atoms with Crippen molar-refractivity contribution >= 4 is 9.84 Å². The number of fused-ring (bicyclic) bond motifs is 1. The predicted molar refractivity (Wildman–Crippen MR) is 74.5 cm³/mol. The molecule has 106 valence electrons. The van der Waals surface area contributed by atoms with E-state index in [1.54, 1.807) is 13.8 Å². The minimum atomic E-state index is -2.89. The number of hydrogen-bond acceptors (Lipinski definition) is 4. The first-order valence-corrected chi connectivity index (χ1v) is 8.89. The molecule has 2 atom stereocenters. The van der Waals surface area contributed by atoms with Crippen LogP contribution >= 0.6 is 0 Å². The number of sulfone groups is 1. The molecule has 5 heteroatoms. The third-order valence-electron chi connectivity index (χ3n) is 4.36. The van der Waals surface area contributed by atoms with Crippen molar-refractivity contribution in [1.29, 1.82) is 0 Å². The molecule has 0 aliphatic carbocycles. The van der Waals surface area contributed by atoms with Crippen molar-refractivity contribution in [3.8, 4) is 0 Å². The molecular formula is C13H26N2O2S. The molecule has 0 bridgehead atoms. The zero-order valence-corrected chi connectivity index (χ0v) is 12.4. The van der Waals surface area contributed by atoms with Crippen LogP contribution in [0.5, 0.6) is 0 Å². The minimum absolute atomic E-state index is 0.254. The summed E-state index contributed by atoms with van der Waals surface area (Å²) >= 11 is 0. The molecule has 0 aromatic carbocycles. The van der Waals surface area contributed by atoms with Crippen molar-refractivity contribution in [2.24, 2.45) is 0 Å². The van der Waals surface area contributed by atoms with E-state index in [2.05, 4.69) is 10.2 Å². The number of nitrogens with one attached hydrogen (secondary N) is 1. The standard InChI is InChI=1S/C13H26N2O2S/c1-11(2)18(16,17)9-6-14-12-5-8-15-7-3-4-13(15)10-12/h11-14H,3-10H2,1-2H3. The van der Waals surface area contributed by atoms with Gasteiger partial charge in [-0.05, 0) is 52.6 Å². The van der Waals surface area contributed by atoms with Crippen molar-refractivity contribution in [2.45, 2.75) is 56.9 Å². The quantitative estimate of drug-likeness (QED) is 0.813. The lowest BCUT2D eigenvalue weighted by atomic mass is 9.98. The lowest BCUT2D eigenvalue weighted by Crippen LogP contribution is -2.46. The highest BCUT2D eigenvalue weighted by Gasteiger charge is 2.31. The Morgan fingerprint density at radius 3 is 2.78 bits per heavy atom. The molecule has 2 fully saturated rings. The molecule has 2 aliphatic heterocycles. The van der Waals surface area contributed by atoms with Crippen LogP contribution in [0.1, 0.15) is 39.5 Å². The molecule has 2 aliphatic rings. The molecule has 0 radical (unpaired) electrons. The first kappa shape index (κ1) is 14.3. The maximum Gasteiger partial charge on any atom is 0.153 e. The topological polar surface area (TPSA) is 49.4 Å². The molecule has 2 heterocycles. The summed E-state index contributed by atoms with van der Waals surface area (Å²) in [4.78, 5) is 2.59. The highest BCUT2D eigenvalue weighted by Crippen LogP contribution is 2.26. The van der Waals surface area contributed by atoms with Crippen LogP contribution in [0.4, 0.5) is 0 Å². The summed E-state index contributed by atoms with van der Waals surface area (Å²) in [7, 11) is -2.89. The molecule has 0 amide bonds. The van der Waals surface area contributed by atoms with Crippen molar-refractivity contribution in [1.82, 2.24) is 10.2 Å².